The lowest BCUT2D eigenvalue weighted by Crippen LogP contribution is -2.70. The van der Waals surface area contributed by atoms with Gasteiger partial charge in [0.25, 0.3) is 5.92 Å². The van der Waals surface area contributed by atoms with Crippen molar-refractivity contribution in [2.24, 2.45) is 11.7 Å². The van der Waals surface area contributed by atoms with Crippen molar-refractivity contribution in [1.29, 1.82) is 0 Å². The molecule has 0 heterocycles. The first-order valence-corrected chi connectivity index (χ1v) is 3.81. The number of fused-ring (bicyclic) bond motifs is 2. The first kappa shape index (κ1) is 7.43. The summed E-state index contributed by atoms with van der Waals surface area (Å²) in [7, 11) is 0. The van der Waals surface area contributed by atoms with Gasteiger partial charge >= 0.3 is 0 Å². The predicted octanol–water partition coefficient (Wildman–Crippen LogP) is 0.494. The largest absolute Gasteiger partial charge is 0.384 e. The second kappa shape index (κ2) is 1.75. The van der Waals surface area contributed by atoms with Gasteiger partial charge in [-0.3, -0.25) is 0 Å². The number of alkyl halides is 2. The second-order valence-corrected chi connectivity index (χ2v) is 3.76. The van der Waals surface area contributed by atoms with Crippen LogP contribution in [0, 0.1) is 5.92 Å². The maximum Gasteiger partial charge on any atom is 0.279 e. The topological polar surface area (TPSA) is 46.2 Å². The summed E-state index contributed by atoms with van der Waals surface area (Å²) in [6, 6.07) is -0.238. The third-order valence-electron chi connectivity index (χ3n) is 2.90. The highest BCUT2D eigenvalue weighted by molar-refractivity contribution is 5.14. The Morgan fingerprint density at radius 1 is 1.36 bits per heavy atom. The number of rotatable bonds is 0. The highest BCUT2D eigenvalue weighted by Crippen LogP contribution is 2.59. The molecule has 3 fully saturated rings. The average Bonchev–Trinajstić information content (AvgIpc) is 1.85. The van der Waals surface area contributed by atoms with E-state index in [2.05, 4.69) is 0 Å². The van der Waals surface area contributed by atoms with Gasteiger partial charge in [-0.2, -0.15) is 0 Å². The van der Waals surface area contributed by atoms with Crippen molar-refractivity contribution >= 4 is 0 Å². The van der Waals surface area contributed by atoms with E-state index in [1.54, 1.807) is 0 Å². The van der Waals surface area contributed by atoms with Gasteiger partial charge in [0.1, 0.15) is 5.60 Å². The summed E-state index contributed by atoms with van der Waals surface area (Å²) >= 11 is 0. The predicted molar refractivity (Wildman–Crippen MR) is 35.2 cm³/mol. The van der Waals surface area contributed by atoms with E-state index in [0.717, 1.165) is 0 Å². The van der Waals surface area contributed by atoms with Gasteiger partial charge in [-0.15, -0.1) is 0 Å². The van der Waals surface area contributed by atoms with Crippen LogP contribution in [0.25, 0.3) is 0 Å². The molecule has 3 aliphatic rings. The van der Waals surface area contributed by atoms with Crippen LogP contribution in [0.3, 0.4) is 0 Å². The van der Waals surface area contributed by atoms with Crippen molar-refractivity contribution in [2.45, 2.75) is 36.8 Å². The van der Waals surface area contributed by atoms with Crippen LogP contribution >= 0.6 is 0 Å². The lowest BCUT2D eigenvalue weighted by molar-refractivity contribution is -0.312. The smallest absolute Gasteiger partial charge is 0.279 e. The number of hydrogen-bond donors (Lipinski definition) is 2. The molecule has 0 saturated heterocycles. The van der Waals surface area contributed by atoms with E-state index in [0.29, 0.717) is 6.42 Å². The van der Waals surface area contributed by atoms with E-state index < -0.39 is 17.4 Å². The van der Waals surface area contributed by atoms with Gasteiger partial charge < -0.3 is 10.8 Å². The summed E-state index contributed by atoms with van der Waals surface area (Å²) < 4.78 is 25.8. The molecule has 0 aliphatic heterocycles. The minimum absolute atomic E-state index is 0.0521. The van der Waals surface area contributed by atoms with Crippen LogP contribution in [0.5, 0.6) is 0 Å². The van der Waals surface area contributed by atoms with Gasteiger partial charge in [0, 0.05) is 12.0 Å². The van der Waals surface area contributed by atoms with Gasteiger partial charge in [0.05, 0.1) is 0 Å². The zero-order valence-corrected chi connectivity index (χ0v) is 6.06. The van der Waals surface area contributed by atoms with Crippen LogP contribution in [0.2, 0.25) is 0 Å². The Bertz CT molecular complexity index is 195. The molecular weight excluding hydrogens is 152 g/mol. The molecule has 0 amide bonds. The third kappa shape index (κ3) is 0.715. The molecule has 3 atom stereocenters. The number of hydrogen-bond acceptors (Lipinski definition) is 2. The first-order valence-electron chi connectivity index (χ1n) is 3.81. The van der Waals surface area contributed by atoms with Gasteiger partial charge in [-0.25, -0.2) is 8.78 Å². The van der Waals surface area contributed by atoms with E-state index in [-0.39, 0.29) is 18.9 Å². The maximum absolute atomic E-state index is 12.9. The third-order valence-corrected chi connectivity index (χ3v) is 2.90. The Labute approximate surface area is 63.4 Å². The lowest BCUT2D eigenvalue weighted by atomic mass is 9.57. The monoisotopic (exact) mass is 163 g/mol. The normalized spacial score (nSPS) is 53.5. The zero-order chi connectivity index (χ0) is 8.28. The fourth-order valence-electron chi connectivity index (χ4n) is 2.25. The Morgan fingerprint density at radius 2 is 2.00 bits per heavy atom. The molecule has 4 heteroatoms. The Hall–Kier alpha value is -0.220. The Balaban J connectivity index is 2.22. The zero-order valence-electron chi connectivity index (χ0n) is 6.06. The van der Waals surface area contributed by atoms with Crippen LogP contribution in [-0.2, 0) is 0 Å². The van der Waals surface area contributed by atoms with Crippen LogP contribution in [0.1, 0.15) is 19.3 Å². The molecule has 0 radical (unpaired) electrons. The van der Waals surface area contributed by atoms with Crippen molar-refractivity contribution in [2.75, 3.05) is 0 Å². The molecule has 0 spiro atoms. The summed E-state index contributed by atoms with van der Waals surface area (Å²) in [4.78, 5) is 0. The summed E-state index contributed by atoms with van der Waals surface area (Å²) in [6.45, 7) is 0. The Morgan fingerprint density at radius 3 is 2.36 bits per heavy atom. The summed E-state index contributed by atoms with van der Waals surface area (Å²) in [5.74, 6) is -3.54. The molecule has 11 heavy (non-hydrogen) atoms. The minimum atomic E-state index is -2.87. The molecule has 3 saturated carbocycles. The summed E-state index contributed by atoms with van der Waals surface area (Å²) in [5.41, 5.74) is 3.70. The molecule has 2 bridgehead atoms. The van der Waals surface area contributed by atoms with Crippen LogP contribution < -0.4 is 5.73 Å². The molecule has 3 N–H and O–H groups in total. The quantitative estimate of drug-likeness (QED) is 0.546. The molecular formula is C7H11F2NO. The molecule has 1 unspecified atom stereocenters. The van der Waals surface area contributed by atoms with Gasteiger partial charge in [0.15, 0.2) is 0 Å². The molecule has 0 aromatic heterocycles. The fraction of sp³-hybridized carbons (Fsp3) is 1.00. The molecule has 2 nitrogen and oxygen atoms in total. The van der Waals surface area contributed by atoms with Crippen molar-refractivity contribution in [3.63, 3.8) is 0 Å². The molecule has 0 aromatic carbocycles. The van der Waals surface area contributed by atoms with Gasteiger partial charge in [-0.05, 0) is 19.3 Å². The fourth-order valence-corrected chi connectivity index (χ4v) is 2.25. The van der Waals surface area contributed by atoms with Gasteiger partial charge in [-0.1, -0.05) is 0 Å². The summed E-state index contributed by atoms with van der Waals surface area (Å²) in [5, 5.41) is 9.31. The SMILES string of the molecule is N[C@@H]1CC2C[C@](O)(C1)C2(F)F. The van der Waals surface area contributed by atoms with Crippen LogP contribution in [-0.4, -0.2) is 22.7 Å². The van der Waals surface area contributed by atoms with E-state index in [1.165, 1.54) is 0 Å². The second-order valence-electron chi connectivity index (χ2n) is 3.76. The Kier molecular flexibility index (Phi) is 1.18. The minimum Gasteiger partial charge on any atom is -0.384 e. The average molecular weight is 163 g/mol. The van der Waals surface area contributed by atoms with Crippen molar-refractivity contribution in [1.82, 2.24) is 0 Å². The number of aliphatic hydroxyl groups is 1. The highest BCUT2D eigenvalue weighted by atomic mass is 19.3. The maximum atomic E-state index is 12.9. The van der Waals surface area contributed by atoms with E-state index in [9.17, 15) is 13.9 Å². The van der Waals surface area contributed by atoms with Crippen molar-refractivity contribution in [3.8, 4) is 0 Å². The molecule has 3 rings (SSSR count). The highest BCUT2D eigenvalue weighted by Gasteiger charge is 2.70. The van der Waals surface area contributed by atoms with Crippen molar-refractivity contribution in [3.05, 3.63) is 0 Å². The van der Waals surface area contributed by atoms with Crippen LogP contribution in [0.4, 0.5) is 8.78 Å². The molecule has 0 aromatic rings. The molecule has 64 valence electrons. The van der Waals surface area contributed by atoms with E-state index in [4.69, 9.17) is 5.73 Å². The van der Waals surface area contributed by atoms with Crippen molar-refractivity contribution < 1.29 is 13.9 Å². The van der Waals surface area contributed by atoms with E-state index in [1.807, 2.05) is 0 Å². The number of halogens is 2. The summed E-state index contributed by atoms with van der Waals surface area (Å²) in [6.07, 6.45) is 0.638. The standard InChI is InChI=1S/C7H11F2NO/c8-7(9)4-1-5(10)3-6(7,11)2-4/h4-5,11H,1-3,10H2/t4?,5-,6+/m1/s1. The van der Waals surface area contributed by atoms with Gasteiger partial charge in [0.2, 0.25) is 0 Å². The number of nitrogens with two attached hydrogens (primary N) is 1. The van der Waals surface area contributed by atoms with Crippen LogP contribution in [0.15, 0.2) is 0 Å². The van der Waals surface area contributed by atoms with E-state index >= 15 is 0 Å². The molecule has 3 aliphatic carbocycles. The first-order chi connectivity index (χ1) is 4.96. The lowest BCUT2D eigenvalue weighted by Gasteiger charge is -2.57.